The van der Waals surface area contributed by atoms with Gasteiger partial charge in [-0.15, -0.1) is 0 Å². The predicted molar refractivity (Wildman–Crippen MR) is 187 cm³/mol. The average molecular weight is 651 g/mol. The Morgan fingerprint density at radius 1 is 0.381 bits per heavy atom. The van der Waals surface area contributed by atoms with E-state index in [9.17, 15) is 0 Å². The van der Waals surface area contributed by atoms with E-state index in [1.807, 2.05) is 0 Å². The van der Waals surface area contributed by atoms with E-state index in [2.05, 4.69) is 51.2 Å². The normalized spacial score (nSPS) is 12.7. The Kier molecular flexibility index (Phi) is 31.8. The lowest BCUT2D eigenvalue weighted by molar-refractivity contribution is -0.923. The minimum Gasteiger partial charge on any atom is -1.00 e. The van der Waals surface area contributed by atoms with Crippen molar-refractivity contribution in [2.24, 2.45) is 0 Å². The fraction of sp³-hybridized carbons (Fsp3) is 0.850. The van der Waals surface area contributed by atoms with Crippen LogP contribution in [0.5, 0.6) is 0 Å². The van der Waals surface area contributed by atoms with Crippen LogP contribution in [-0.4, -0.2) is 24.6 Å². The van der Waals surface area contributed by atoms with Crippen LogP contribution in [0, 0.1) is 0 Å². The third-order valence-corrected chi connectivity index (χ3v) is 9.51. The summed E-state index contributed by atoms with van der Waals surface area (Å²) in [5.41, 5.74) is 1.52. The van der Waals surface area contributed by atoms with E-state index in [0.717, 1.165) is 0 Å². The first-order valence-electron chi connectivity index (χ1n) is 19.1. The van der Waals surface area contributed by atoms with Gasteiger partial charge in [0.1, 0.15) is 6.54 Å². The second kappa shape index (κ2) is 32.1. The van der Waals surface area contributed by atoms with E-state index in [1.54, 1.807) is 0 Å². The Balaban J connectivity index is 0.0000168. The van der Waals surface area contributed by atoms with Gasteiger partial charge >= 0.3 is 0 Å². The molecule has 42 heavy (non-hydrogen) atoms. The molecule has 0 bridgehead atoms. The van der Waals surface area contributed by atoms with E-state index >= 15 is 0 Å². The molecule has 0 saturated carbocycles. The Morgan fingerprint density at radius 2 is 0.643 bits per heavy atom. The lowest BCUT2D eigenvalue weighted by Gasteiger charge is -2.35. The van der Waals surface area contributed by atoms with Gasteiger partial charge in [-0.2, -0.15) is 0 Å². The molecule has 1 aromatic rings. The topological polar surface area (TPSA) is 0 Å². The predicted octanol–water partition coefficient (Wildman–Crippen LogP) is 10.6. The molecule has 0 heterocycles. The zero-order valence-electron chi connectivity index (χ0n) is 29.1. The van der Waals surface area contributed by atoms with Gasteiger partial charge < -0.3 is 21.5 Å². The van der Waals surface area contributed by atoms with Crippen LogP contribution in [-0.2, 0) is 6.54 Å². The van der Waals surface area contributed by atoms with Gasteiger partial charge in [-0.25, -0.2) is 0 Å². The summed E-state index contributed by atoms with van der Waals surface area (Å²) in [5, 5.41) is 0. The average Bonchev–Trinajstić information content (AvgIpc) is 2.98. The molecule has 1 rings (SSSR count). The molecular formula is C40H76BrN. The number of halogens is 1. The maximum Gasteiger partial charge on any atom is 0.104 e. The quantitative estimate of drug-likeness (QED) is 0.0538. The molecule has 0 saturated heterocycles. The molecule has 2 heteroatoms. The Morgan fingerprint density at radius 3 is 0.929 bits per heavy atom. The number of nitrogens with zero attached hydrogens (tertiary/aromatic N) is 1. The van der Waals surface area contributed by atoms with E-state index < -0.39 is 0 Å². The standard InChI is InChI=1S/C40H76N.BrH/c1-4-6-8-10-12-14-16-18-19-20-21-23-25-27-29-34-38-41(3,39-40-35-31-30-32-36-40)37-33-28-26-24-22-17-15-13-11-9-7-5-2;/h30-32,35-36H,4-29,33-34,37-39H2,1-3H3;1H/q+1;/p-1. The first-order chi connectivity index (χ1) is 20.2. The van der Waals surface area contributed by atoms with Gasteiger partial charge in [0, 0.05) is 5.56 Å². The minimum absolute atomic E-state index is 0. The zero-order chi connectivity index (χ0) is 29.5. The van der Waals surface area contributed by atoms with Crippen molar-refractivity contribution < 1.29 is 21.5 Å². The van der Waals surface area contributed by atoms with Gasteiger partial charge in [0.2, 0.25) is 0 Å². The number of rotatable bonds is 32. The second-order valence-electron chi connectivity index (χ2n) is 13.9. The highest BCUT2D eigenvalue weighted by molar-refractivity contribution is 5.13. The first kappa shape index (κ1) is 41.7. The molecule has 0 aromatic heterocycles. The van der Waals surface area contributed by atoms with Crippen molar-refractivity contribution in [3.8, 4) is 0 Å². The Labute approximate surface area is 276 Å². The van der Waals surface area contributed by atoms with Crippen LogP contribution in [0.25, 0.3) is 0 Å². The van der Waals surface area contributed by atoms with Crippen LogP contribution in [0.2, 0.25) is 0 Å². The van der Waals surface area contributed by atoms with E-state index in [4.69, 9.17) is 0 Å². The molecule has 0 aliphatic rings. The summed E-state index contributed by atoms with van der Waals surface area (Å²) in [4.78, 5) is 0. The van der Waals surface area contributed by atoms with Crippen LogP contribution in [0.4, 0.5) is 0 Å². The second-order valence-corrected chi connectivity index (χ2v) is 13.9. The van der Waals surface area contributed by atoms with Crippen LogP contribution in [0.3, 0.4) is 0 Å². The number of hydrogen-bond donors (Lipinski definition) is 0. The number of unbranched alkanes of at least 4 members (excludes halogenated alkanes) is 26. The Bertz CT molecular complexity index is 632. The SMILES string of the molecule is CCCCCCCCCCCCCCCCCC[N+](C)(CCCCCCCCCCCCCC)Cc1ccccc1.[Br-]. The zero-order valence-corrected chi connectivity index (χ0v) is 30.7. The van der Waals surface area contributed by atoms with Gasteiger partial charge in [0.25, 0.3) is 0 Å². The highest BCUT2D eigenvalue weighted by atomic mass is 79.9. The third-order valence-electron chi connectivity index (χ3n) is 9.51. The summed E-state index contributed by atoms with van der Waals surface area (Å²) in [6.45, 7) is 8.53. The summed E-state index contributed by atoms with van der Waals surface area (Å²) >= 11 is 0. The summed E-state index contributed by atoms with van der Waals surface area (Å²) in [6.07, 6.45) is 40.6. The molecular weight excluding hydrogens is 574 g/mol. The fourth-order valence-electron chi connectivity index (χ4n) is 6.67. The van der Waals surface area contributed by atoms with Gasteiger partial charge in [-0.05, 0) is 25.7 Å². The molecule has 0 amide bonds. The lowest BCUT2D eigenvalue weighted by Crippen LogP contribution is -3.00. The van der Waals surface area contributed by atoms with Crippen molar-refractivity contribution in [1.82, 2.24) is 0 Å². The van der Waals surface area contributed by atoms with E-state index in [1.165, 1.54) is 209 Å². The first-order valence-corrected chi connectivity index (χ1v) is 19.1. The van der Waals surface area contributed by atoms with Crippen LogP contribution < -0.4 is 17.0 Å². The van der Waals surface area contributed by atoms with Crippen molar-refractivity contribution in [3.63, 3.8) is 0 Å². The number of benzene rings is 1. The molecule has 0 fully saturated rings. The summed E-state index contributed by atoms with van der Waals surface area (Å²) in [5.74, 6) is 0. The largest absolute Gasteiger partial charge is 1.00 e. The highest BCUT2D eigenvalue weighted by Gasteiger charge is 2.21. The molecule has 0 spiro atoms. The summed E-state index contributed by atoms with van der Waals surface area (Å²) in [6, 6.07) is 11.3. The van der Waals surface area contributed by atoms with Crippen molar-refractivity contribution in [1.29, 1.82) is 0 Å². The monoisotopic (exact) mass is 650 g/mol. The number of hydrogen-bond acceptors (Lipinski definition) is 0. The van der Waals surface area contributed by atoms with Gasteiger partial charge in [0.15, 0.2) is 0 Å². The fourth-order valence-corrected chi connectivity index (χ4v) is 6.67. The van der Waals surface area contributed by atoms with Crippen LogP contribution in [0.15, 0.2) is 30.3 Å². The molecule has 1 aromatic carbocycles. The maximum absolute atomic E-state index is 2.54. The molecule has 1 atom stereocenters. The number of quaternary nitrogens is 1. The van der Waals surface area contributed by atoms with E-state index in [-0.39, 0.29) is 17.0 Å². The lowest BCUT2D eigenvalue weighted by atomic mass is 10.0. The van der Waals surface area contributed by atoms with Gasteiger partial charge in [-0.3, -0.25) is 0 Å². The molecule has 1 nitrogen and oxygen atoms in total. The summed E-state index contributed by atoms with van der Waals surface area (Å²) < 4.78 is 1.24. The van der Waals surface area contributed by atoms with Gasteiger partial charge in [0.05, 0.1) is 20.1 Å². The van der Waals surface area contributed by atoms with Crippen LogP contribution >= 0.6 is 0 Å². The van der Waals surface area contributed by atoms with Crippen molar-refractivity contribution in [3.05, 3.63) is 35.9 Å². The molecule has 248 valence electrons. The van der Waals surface area contributed by atoms with E-state index in [0.29, 0.717) is 0 Å². The third kappa shape index (κ3) is 27.2. The minimum atomic E-state index is 0. The smallest absolute Gasteiger partial charge is 0.104 e. The van der Waals surface area contributed by atoms with Crippen molar-refractivity contribution in [2.45, 2.75) is 200 Å². The van der Waals surface area contributed by atoms with Gasteiger partial charge in [-0.1, -0.05) is 198 Å². The molecule has 0 radical (unpaired) electrons. The highest BCUT2D eigenvalue weighted by Crippen LogP contribution is 2.19. The van der Waals surface area contributed by atoms with Crippen molar-refractivity contribution in [2.75, 3.05) is 20.1 Å². The maximum atomic E-state index is 2.54. The van der Waals surface area contributed by atoms with Crippen molar-refractivity contribution >= 4 is 0 Å². The Hall–Kier alpha value is -0.340. The van der Waals surface area contributed by atoms with Crippen LogP contribution in [0.1, 0.15) is 199 Å². The molecule has 0 aliphatic carbocycles. The molecule has 0 aliphatic heterocycles. The molecule has 1 unspecified atom stereocenters. The molecule has 0 N–H and O–H groups in total. The summed E-state index contributed by atoms with van der Waals surface area (Å²) in [7, 11) is 2.54.